The van der Waals surface area contributed by atoms with Gasteiger partial charge in [-0.15, -0.1) is 0 Å². The van der Waals surface area contributed by atoms with Crippen molar-refractivity contribution in [3.8, 4) is 0 Å². The van der Waals surface area contributed by atoms with Gasteiger partial charge in [0.15, 0.2) is 5.90 Å². The predicted octanol–water partition coefficient (Wildman–Crippen LogP) is 5.69. The molecule has 4 rings (SSSR count). The SMILES string of the molecule is CC(C)(C)[C@H]1COC([C]2[CH][CH][CH][C]2c2ccc(C(F)(F)F)cc2)=N1.[CH]1[CH][CH][CH][CH]1.[Fe+2]. The van der Waals surface area contributed by atoms with Crippen LogP contribution < -0.4 is 0 Å². The van der Waals surface area contributed by atoms with Gasteiger partial charge in [0.05, 0.1) is 17.5 Å². The van der Waals surface area contributed by atoms with Gasteiger partial charge < -0.3 is 4.74 Å². The van der Waals surface area contributed by atoms with E-state index in [9.17, 15) is 13.2 Å². The molecule has 1 atom stereocenters. The third-order valence-corrected chi connectivity index (χ3v) is 4.78. The average Bonchev–Trinajstić information content (AvgIpc) is 3.43. The second kappa shape index (κ2) is 10.5. The van der Waals surface area contributed by atoms with Crippen molar-refractivity contribution in [2.75, 3.05) is 6.61 Å². The maximum absolute atomic E-state index is 12.7. The molecule has 0 N–H and O–H groups in total. The number of alkyl halides is 3. The summed E-state index contributed by atoms with van der Waals surface area (Å²) < 4.78 is 43.9. The van der Waals surface area contributed by atoms with Gasteiger partial charge >= 0.3 is 23.2 Å². The van der Waals surface area contributed by atoms with E-state index in [1.807, 2.05) is 51.4 Å². The van der Waals surface area contributed by atoms with E-state index >= 15 is 0 Å². The van der Waals surface area contributed by atoms with Crippen LogP contribution in [0.2, 0.25) is 0 Å². The molecule has 2 nitrogen and oxygen atoms in total. The average molecular weight is 455 g/mol. The van der Waals surface area contributed by atoms with Gasteiger partial charge in [0.2, 0.25) is 0 Å². The Bertz CT molecular complexity index is 682. The zero-order valence-corrected chi connectivity index (χ0v) is 18.2. The summed E-state index contributed by atoms with van der Waals surface area (Å²) in [4.78, 5) is 4.66. The summed E-state index contributed by atoms with van der Waals surface area (Å²) in [6.45, 7) is 6.84. The molecule has 0 bridgehead atoms. The molecule has 1 aliphatic heterocycles. The van der Waals surface area contributed by atoms with Crippen LogP contribution in [0.5, 0.6) is 0 Å². The molecule has 0 unspecified atom stereocenters. The minimum Gasteiger partial charge on any atom is -0.478 e. The molecule has 10 radical (unpaired) electrons. The number of benzene rings is 1. The van der Waals surface area contributed by atoms with Crippen LogP contribution >= 0.6 is 0 Å². The number of rotatable bonds is 2. The van der Waals surface area contributed by atoms with Crippen LogP contribution in [-0.2, 0) is 28.0 Å². The fraction of sp³-hybridized carbons (Fsp3) is 0.292. The number of ether oxygens (including phenoxy) is 1. The summed E-state index contributed by atoms with van der Waals surface area (Å²) in [7, 11) is 0. The Balaban J connectivity index is 0.000000468. The van der Waals surface area contributed by atoms with E-state index < -0.39 is 11.7 Å². The summed E-state index contributed by atoms with van der Waals surface area (Å²) in [6.07, 6.45) is 11.3. The Morgan fingerprint density at radius 2 is 1.37 bits per heavy atom. The van der Waals surface area contributed by atoms with E-state index in [1.165, 1.54) is 12.1 Å². The summed E-state index contributed by atoms with van der Waals surface area (Å²) in [5.41, 5.74) is 0.0678. The number of hydrogen-bond donors (Lipinski definition) is 0. The van der Waals surface area contributed by atoms with Crippen LogP contribution in [0.15, 0.2) is 29.3 Å². The van der Waals surface area contributed by atoms with Crippen molar-refractivity contribution in [3.05, 3.63) is 98.6 Å². The van der Waals surface area contributed by atoms with Crippen molar-refractivity contribution in [1.29, 1.82) is 0 Å². The molecule has 0 aromatic heterocycles. The molecule has 2 fully saturated rings. The van der Waals surface area contributed by atoms with Crippen LogP contribution in [0.1, 0.15) is 31.9 Å². The molecule has 1 aromatic rings. The first-order valence-corrected chi connectivity index (χ1v) is 9.47. The van der Waals surface area contributed by atoms with Crippen LogP contribution in [0.3, 0.4) is 0 Å². The van der Waals surface area contributed by atoms with Gasteiger partial charge in [-0.25, -0.2) is 4.99 Å². The summed E-state index contributed by atoms with van der Waals surface area (Å²) in [6, 6.07) is 5.24. The van der Waals surface area contributed by atoms with Gasteiger partial charge in [0, 0.05) is 5.92 Å². The molecule has 2 saturated carbocycles. The van der Waals surface area contributed by atoms with E-state index in [-0.39, 0.29) is 28.5 Å². The Kier molecular flexibility index (Phi) is 8.88. The normalized spacial score (nSPS) is 22.7. The van der Waals surface area contributed by atoms with Crippen LogP contribution in [0.4, 0.5) is 13.2 Å². The van der Waals surface area contributed by atoms with Crippen molar-refractivity contribution in [3.63, 3.8) is 0 Å². The fourth-order valence-corrected chi connectivity index (χ4v) is 2.98. The summed E-state index contributed by atoms with van der Waals surface area (Å²) >= 11 is 0. The minimum atomic E-state index is -4.33. The molecule has 0 saturated heterocycles. The van der Waals surface area contributed by atoms with Gasteiger partial charge in [0.25, 0.3) is 0 Å². The standard InChI is InChI=1S/C19H19F3NO.C5H5.Fe/c1-18(2,3)16-11-24-17(23-16)15-6-4-5-14(15)12-7-9-13(10-8-12)19(20,21)22;1-2-4-5-3-1;/h4-10,16H,11H2,1-3H3;1-5H;/q;;+2/t16-;;/m1../s1. The molecule has 1 heterocycles. The zero-order chi connectivity index (χ0) is 21.1. The Labute approximate surface area is 189 Å². The van der Waals surface area contributed by atoms with Gasteiger partial charge in [-0.05, 0) is 74.5 Å². The number of halogens is 3. The first-order valence-electron chi connectivity index (χ1n) is 9.47. The zero-order valence-electron chi connectivity index (χ0n) is 17.1. The van der Waals surface area contributed by atoms with Crippen molar-refractivity contribution in [2.45, 2.75) is 33.0 Å². The first-order chi connectivity index (χ1) is 13.7. The van der Waals surface area contributed by atoms with Crippen molar-refractivity contribution >= 4 is 5.90 Å². The molecule has 2 aliphatic carbocycles. The monoisotopic (exact) mass is 455 g/mol. The van der Waals surface area contributed by atoms with Crippen molar-refractivity contribution in [2.24, 2.45) is 10.4 Å². The molecule has 0 spiro atoms. The topological polar surface area (TPSA) is 21.6 Å². The molecule has 0 amide bonds. The number of nitrogens with zero attached hydrogens (tertiary/aromatic N) is 1. The van der Waals surface area contributed by atoms with Gasteiger partial charge in [-0.1, -0.05) is 32.9 Å². The van der Waals surface area contributed by atoms with Crippen molar-refractivity contribution in [1.82, 2.24) is 0 Å². The first kappa shape index (κ1) is 25.3. The van der Waals surface area contributed by atoms with Crippen LogP contribution in [0, 0.1) is 68.6 Å². The molecule has 30 heavy (non-hydrogen) atoms. The second-order valence-corrected chi connectivity index (χ2v) is 8.02. The number of hydrogen-bond acceptors (Lipinski definition) is 2. The molecule has 1 aromatic carbocycles. The second-order valence-electron chi connectivity index (χ2n) is 8.02. The van der Waals surface area contributed by atoms with Gasteiger partial charge in [-0.3, -0.25) is 0 Å². The predicted molar refractivity (Wildman–Crippen MR) is 108 cm³/mol. The largest absolute Gasteiger partial charge is 2.00 e. The van der Waals surface area contributed by atoms with Gasteiger partial charge in [0.1, 0.15) is 6.61 Å². The van der Waals surface area contributed by atoms with Crippen LogP contribution in [0.25, 0.3) is 0 Å². The molecule has 3 aliphatic rings. The van der Waals surface area contributed by atoms with E-state index in [0.717, 1.165) is 24.0 Å². The van der Waals surface area contributed by atoms with E-state index in [0.29, 0.717) is 18.1 Å². The Morgan fingerprint density at radius 1 is 0.833 bits per heavy atom. The summed E-state index contributed by atoms with van der Waals surface area (Å²) in [5, 5.41) is 0. The van der Waals surface area contributed by atoms with Crippen molar-refractivity contribution < 1.29 is 35.0 Å². The minimum absolute atomic E-state index is 0. The third-order valence-electron chi connectivity index (χ3n) is 4.78. The van der Waals surface area contributed by atoms with E-state index in [2.05, 4.69) is 25.8 Å². The maximum atomic E-state index is 12.7. The molecule has 6 heteroatoms. The number of aliphatic imine (C=N–C) groups is 1. The molecular weight excluding hydrogens is 431 g/mol. The maximum Gasteiger partial charge on any atom is 2.00 e. The molecule has 158 valence electrons. The fourth-order valence-electron chi connectivity index (χ4n) is 2.98. The molecular formula is C24H24F3FeNO+2. The third kappa shape index (κ3) is 6.50. The smallest absolute Gasteiger partial charge is 0.478 e. The van der Waals surface area contributed by atoms with E-state index in [1.54, 1.807) is 0 Å². The Hall–Kier alpha value is -1.00. The summed E-state index contributed by atoms with van der Waals surface area (Å²) in [5.74, 6) is 2.22. The van der Waals surface area contributed by atoms with Gasteiger partial charge in [-0.2, -0.15) is 13.2 Å². The van der Waals surface area contributed by atoms with E-state index in [4.69, 9.17) is 4.74 Å². The quantitative estimate of drug-likeness (QED) is 0.525. The Morgan fingerprint density at radius 3 is 1.83 bits per heavy atom. The van der Waals surface area contributed by atoms with Crippen LogP contribution in [-0.4, -0.2) is 18.5 Å².